The van der Waals surface area contributed by atoms with Crippen molar-refractivity contribution in [3.63, 3.8) is 0 Å². The Hall–Kier alpha value is -0.780. The summed E-state index contributed by atoms with van der Waals surface area (Å²) in [4.78, 5) is 2.22. The van der Waals surface area contributed by atoms with Crippen LogP contribution in [0.25, 0.3) is 0 Å². The number of hydrogen-bond donors (Lipinski definition) is 1. The van der Waals surface area contributed by atoms with Crippen LogP contribution in [0.2, 0.25) is 0 Å². The molecule has 0 aliphatic carbocycles. The molecule has 0 aromatic heterocycles. The summed E-state index contributed by atoms with van der Waals surface area (Å²) in [6.07, 6.45) is 0. The number of hydrogen-bond acceptors (Lipinski definition) is 4. The molecule has 19 heavy (non-hydrogen) atoms. The molecule has 1 aromatic rings. The van der Waals surface area contributed by atoms with E-state index in [0.29, 0.717) is 6.79 Å². The van der Waals surface area contributed by atoms with Crippen molar-refractivity contribution in [2.24, 2.45) is 0 Å². The van der Waals surface area contributed by atoms with Gasteiger partial charge in [0.25, 0.3) is 0 Å². The molecule has 5 heteroatoms. The maximum Gasteiger partial charge on any atom is 0.231 e. The number of fused-ring (bicyclic) bond motifs is 1. The predicted octanol–water partition coefficient (Wildman–Crippen LogP) is 2.61. The lowest BCUT2D eigenvalue weighted by Gasteiger charge is -2.32. The van der Waals surface area contributed by atoms with E-state index in [2.05, 4.69) is 54.1 Å². The van der Waals surface area contributed by atoms with Crippen LogP contribution in [0, 0.1) is 0 Å². The van der Waals surface area contributed by atoms with Crippen LogP contribution in [0.5, 0.6) is 11.5 Å². The summed E-state index contributed by atoms with van der Waals surface area (Å²) >= 11 is 3.57. The molecule has 0 fully saturated rings. The average molecular weight is 329 g/mol. The molecule has 4 nitrogen and oxygen atoms in total. The molecule has 0 atom stereocenters. The van der Waals surface area contributed by atoms with Crippen LogP contribution in [0.4, 0.5) is 0 Å². The van der Waals surface area contributed by atoms with E-state index < -0.39 is 0 Å². The topological polar surface area (TPSA) is 33.7 Å². The average Bonchev–Trinajstić information content (AvgIpc) is 2.75. The van der Waals surface area contributed by atoms with Crippen LogP contribution in [-0.4, -0.2) is 37.9 Å². The molecule has 0 radical (unpaired) electrons. The standard InChI is InChI=1S/C14H21BrN2O2/c1-14(2,17(3)4)8-16-7-10-5-12-13(6-11(10)15)19-9-18-12/h5-6,16H,7-9H2,1-4H3. The second kappa shape index (κ2) is 5.69. The van der Waals surface area contributed by atoms with E-state index in [0.717, 1.165) is 29.1 Å². The smallest absolute Gasteiger partial charge is 0.231 e. The van der Waals surface area contributed by atoms with E-state index >= 15 is 0 Å². The van der Waals surface area contributed by atoms with Crippen molar-refractivity contribution in [3.8, 4) is 11.5 Å². The van der Waals surface area contributed by atoms with E-state index in [1.165, 1.54) is 5.56 Å². The lowest BCUT2D eigenvalue weighted by atomic mass is 10.0. The summed E-state index contributed by atoms with van der Waals surface area (Å²) in [7, 11) is 4.19. The molecular weight excluding hydrogens is 308 g/mol. The van der Waals surface area contributed by atoms with Gasteiger partial charge in [-0.15, -0.1) is 0 Å². The first-order valence-corrected chi connectivity index (χ1v) is 7.15. The quantitative estimate of drug-likeness (QED) is 0.900. The lowest BCUT2D eigenvalue weighted by molar-refractivity contribution is 0.174. The molecule has 0 saturated heterocycles. The summed E-state index contributed by atoms with van der Waals surface area (Å²) in [6.45, 7) is 6.46. The summed E-state index contributed by atoms with van der Waals surface area (Å²) < 4.78 is 11.8. The van der Waals surface area contributed by atoms with Crippen molar-refractivity contribution in [1.82, 2.24) is 10.2 Å². The van der Waals surface area contributed by atoms with Gasteiger partial charge in [-0.1, -0.05) is 15.9 Å². The summed E-state index contributed by atoms with van der Waals surface area (Å²) in [5, 5.41) is 3.49. The molecule has 0 saturated carbocycles. The number of ether oxygens (including phenoxy) is 2. The highest BCUT2D eigenvalue weighted by Crippen LogP contribution is 2.36. The second-order valence-corrected chi connectivity index (χ2v) is 6.46. The zero-order chi connectivity index (χ0) is 14.0. The van der Waals surface area contributed by atoms with Gasteiger partial charge in [0, 0.05) is 23.1 Å². The van der Waals surface area contributed by atoms with Gasteiger partial charge in [-0.25, -0.2) is 0 Å². The first-order chi connectivity index (χ1) is 8.90. The maximum atomic E-state index is 5.40. The molecule has 0 bridgehead atoms. The number of rotatable bonds is 5. The van der Waals surface area contributed by atoms with Crippen molar-refractivity contribution in [3.05, 3.63) is 22.2 Å². The minimum atomic E-state index is 0.128. The van der Waals surface area contributed by atoms with E-state index in [1.807, 2.05) is 12.1 Å². The Morgan fingerprint density at radius 1 is 1.26 bits per heavy atom. The molecule has 1 N–H and O–H groups in total. The molecule has 1 aliphatic heterocycles. The largest absolute Gasteiger partial charge is 0.454 e. The zero-order valence-corrected chi connectivity index (χ0v) is 13.5. The minimum absolute atomic E-state index is 0.128. The molecule has 1 heterocycles. The highest BCUT2D eigenvalue weighted by molar-refractivity contribution is 9.10. The normalized spacial score (nSPS) is 14.2. The Bertz CT molecular complexity index is 461. The second-order valence-electron chi connectivity index (χ2n) is 5.61. The van der Waals surface area contributed by atoms with Gasteiger partial charge in [0.15, 0.2) is 11.5 Å². The van der Waals surface area contributed by atoms with Crippen LogP contribution >= 0.6 is 15.9 Å². The summed E-state index contributed by atoms with van der Waals surface area (Å²) in [6, 6.07) is 4.00. The van der Waals surface area contributed by atoms with Gasteiger partial charge in [-0.3, -0.25) is 0 Å². The molecule has 106 valence electrons. The van der Waals surface area contributed by atoms with Crippen molar-refractivity contribution >= 4 is 15.9 Å². The number of nitrogens with zero attached hydrogens (tertiary/aromatic N) is 1. The van der Waals surface area contributed by atoms with Crippen LogP contribution < -0.4 is 14.8 Å². The lowest BCUT2D eigenvalue weighted by Crippen LogP contribution is -2.46. The number of halogens is 1. The third-order valence-electron chi connectivity index (χ3n) is 3.63. The highest BCUT2D eigenvalue weighted by atomic mass is 79.9. The van der Waals surface area contributed by atoms with Gasteiger partial charge in [-0.05, 0) is 45.6 Å². The fourth-order valence-corrected chi connectivity index (χ4v) is 2.22. The van der Waals surface area contributed by atoms with Gasteiger partial charge in [-0.2, -0.15) is 0 Å². The van der Waals surface area contributed by atoms with Crippen molar-refractivity contribution in [2.75, 3.05) is 27.4 Å². The molecule has 0 unspecified atom stereocenters. The van der Waals surface area contributed by atoms with Gasteiger partial charge in [0.1, 0.15) is 0 Å². The third-order valence-corrected chi connectivity index (χ3v) is 4.36. The fraction of sp³-hybridized carbons (Fsp3) is 0.571. The van der Waals surface area contributed by atoms with Crippen LogP contribution in [-0.2, 0) is 6.54 Å². The van der Waals surface area contributed by atoms with E-state index in [1.54, 1.807) is 0 Å². The van der Waals surface area contributed by atoms with Gasteiger partial charge < -0.3 is 19.7 Å². The predicted molar refractivity (Wildman–Crippen MR) is 79.7 cm³/mol. The maximum absolute atomic E-state index is 5.40. The Balaban J connectivity index is 1.97. The first kappa shape index (κ1) is 14.6. The first-order valence-electron chi connectivity index (χ1n) is 6.36. The molecule has 0 spiro atoms. The molecule has 1 aliphatic rings. The Morgan fingerprint density at radius 3 is 2.53 bits per heavy atom. The van der Waals surface area contributed by atoms with Crippen molar-refractivity contribution < 1.29 is 9.47 Å². The summed E-state index contributed by atoms with van der Waals surface area (Å²) in [5.41, 5.74) is 1.31. The van der Waals surface area contributed by atoms with Crippen LogP contribution in [0.15, 0.2) is 16.6 Å². The number of likely N-dealkylation sites (N-methyl/N-ethyl adjacent to an activating group) is 1. The fourth-order valence-electron chi connectivity index (χ4n) is 1.76. The zero-order valence-electron chi connectivity index (χ0n) is 11.9. The minimum Gasteiger partial charge on any atom is -0.454 e. The molecule has 1 aromatic carbocycles. The van der Waals surface area contributed by atoms with Crippen molar-refractivity contribution in [2.45, 2.75) is 25.9 Å². The van der Waals surface area contributed by atoms with E-state index in [4.69, 9.17) is 9.47 Å². The van der Waals surface area contributed by atoms with Gasteiger partial charge >= 0.3 is 0 Å². The van der Waals surface area contributed by atoms with E-state index in [9.17, 15) is 0 Å². The SMILES string of the molecule is CN(C)C(C)(C)CNCc1cc2c(cc1Br)OCO2. The Labute approximate surface area is 123 Å². The highest BCUT2D eigenvalue weighted by Gasteiger charge is 2.20. The van der Waals surface area contributed by atoms with E-state index in [-0.39, 0.29) is 5.54 Å². The molecule has 2 rings (SSSR count). The molecule has 0 amide bonds. The van der Waals surface area contributed by atoms with Gasteiger partial charge in [0.2, 0.25) is 6.79 Å². The van der Waals surface area contributed by atoms with Crippen molar-refractivity contribution in [1.29, 1.82) is 0 Å². The summed E-state index contributed by atoms with van der Waals surface area (Å²) in [5.74, 6) is 1.64. The van der Waals surface area contributed by atoms with Gasteiger partial charge in [0.05, 0.1) is 0 Å². The third kappa shape index (κ3) is 3.41. The Morgan fingerprint density at radius 2 is 1.89 bits per heavy atom. The Kier molecular flexibility index (Phi) is 4.38. The monoisotopic (exact) mass is 328 g/mol. The molecular formula is C14H21BrN2O2. The van der Waals surface area contributed by atoms with Crippen LogP contribution in [0.1, 0.15) is 19.4 Å². The number of benzene rings is 1. The van der Waals surface area contributed by atoms with Crippen LogP contribution in [0.3, 0.4) is 0 Å². The number of nitrogens with one attached hydrogen (secondary N) is 1.